The van der Waals surface area contributed by atoms with Crippen LogP contribution in [0.4, 0.5) is 5.69 Å². The van der Waals surface area contributed by atoms with Gasteiger partial charge in [0, 0.05) is 13.4 Å². The van der Waals surface area contributed by atoms with Crippen LogP contribution in [0.2, 0.25) is 0 Å². The van der Waals surface area contributed by atoms with Gasteiger partial charge >= 0.3 is 0 Å². The van der Waals surface area contributed by atoms with E-state index < -0.39 is 6.04 Å². The molecule has 2 rings (SSSR count). The zero-order chi connectivity index (χ0) is 15.4. The van der Waals surface area contributed by atoms with Gasteiger partial charge in [-0.25, -0.2) is 0 Å². The summed E-state index contributed by atoms with van der Waals surface area (Å²) in [5.74, 6) is -0.220. The number of carbonyl (C=O) groups excluding carboxylic acids is 1. The zero-order valence-corrected chi connectivity index (χ0v) is 15.7. The van der Waals surface area contributed by atoms with Crippen LogP contribution in [0.5, 0.6) is 0 Å². The fourth-order valence-electron chi connectivity index (χ4n) is 1.84. The number of benzene rings is 2. The van der Waals surface area contributed by atoms with E-state index in [9.17, 15) is 4.79 Å². The van der Waals surface area contributed by atoms with Crippen molar-refractivity contribution in [1.29, 1.82) is 0 Å². The highest BCUT2D eigenvalue weighted by Crippen LogP contribution is 2.34. The Balaban J connectivity index is 2.08. The highest BCUT2D eigenvalue weighted by Gasteiger charge is 2.17. The van der Waals surface area contributed by atoms with Gasteiger partial charge < -0.3 is 11.1 Å². The molecule has 0 heterocycles. The maximum atomic E-state index is 12.2. The van der Waals surface area contributed by atoms with Gasteiger partial charge in [-0.1, -0.05) is 46.3 Å². The molecule has 0 saturated carbocycles. The number of amides is 1. The summed E-state index contributed by atoms with van der Waals surface area (Å²) in [5, 5.41) is 2.85. The van der Waals surface area contributed by atoms with Gasteiger partial charge in [-0.2, -0.15) is 0 Å². The number of hydrogen-bond donors (Lipinski definition) is 2. The molecule has 2 aromatic carbocycles. The SMILES string of the molecule is N[C@H](Cc1ccccc1)C(=O)Nc1c(Br)cc(Br)cc1Br. The van der Waals surface area contributed by atoms with Crippen molar-refractivity contribution in [3.8, 4) is 0 Å². The summed E-state index contributed by atoms with van der Waals surface area (Å²) < 4.78 is 2.47. The second-order valence-electron chi connectivity index (χ2n) is 4.53. The molecule has 110 valence electrons. The first-order valence-corrected chi connectivity index (χ1v) is 8.60. The number of anilines is 1. The molecule has 3 N–H and O–H groups in total. The lowest BCUT2D eigenvalue weighted by Gasteiger charge is -2.15. The molecule has 0 radical (unpaired) electrons. The van der Waals surface area contributed by atoms with Crippen LogP contribution in [-0.2, 0) is 11.2 Å². The molecule has 0 fully saturated rings. The van der Waals surface area contributed by atoms with Crippen molar-refractivity contribution in [1.82, 2.24) is 0 Å². The lowest BCUT2D eigenvalue weighted by molar-refractivity contribution is -0.117. The maximum absolute atomic E-state index is 12.2. The molecule has 0 unspecified atom stereocenters. The van der Waals surface area contributed by atoms with E-state index >= 15 is 0 Å². The molecule has 21 heavy (non-hydrogen) atoms. The van der Waals surface area contributed by atoms with Crippen LogP contribution < -0.4 is 11.1 Å². The van der Waals surface area contributed by atoms with E-state index in [1.165, 1.54) is 0 Å². The van der Waals surface area contributed by atoms with Gasteiger partial charge in [-0.3, -0.25) is 4.79 Å². The molecule has 0 aliphatic carbocycles. The van der Waals surface area contributed by atoms with Crippen LogP contribution in [-0.4, -0.2) is 11.9 Å². The summed E-state index contributed by atoms with van der Waals surface area (Å²) in [5.41, 5.74) is 7.68. The van der Waals surface area contributed by atoms with Crippen molar-refractivity contribution in [2.24, 2.45) is 5.73 Å². The number of nitrogens with one attached hydrogen (secondary N) is 1. The standard InChI is InChI=1S/C15H13Br3N2O/c16-10-7-11(17)14(12(18)8-10)20-15(21)13(19)6-9-4-2-1-3-5-9/h1-5,7-8,13H,6,19H2,(H,20,21)/t13-/m1/s1. The van der Waals surface area contributed by atoms with Gasteiger partial charge in [0.2, 0.25) is 5.91 Å². The molecule has 6 heteroatoms. The molecule has 3 nitrogen and oxygen atoms in total. The van der Waals surface area contributed by atoms with Crippen LogP contribution in [0.1, 0.15) is 5.56 Å². The Bertz CT molecular complexity index is 624. The maximum Gasteiger partial charge on any atom is 0.241 e. The predicted molar refractivity (Wildman–Crippen MR) is 96.3 cm³/mol. The first-order chi connectivity index (χ1) is 9.97. The van der Waals surface area contributed by atoms with Crippen molar-refractivity contribution >= 4 is 59.4 Å². The Labute approximate surface area is 148 Å². The first-order valence-electron chi connectivity index (χ1n) is 6.22. The second-order valence-corrected chi connectivity index (χ2v) is 7.15. The normalized spacial score (nSPS) is 12.0. The van der Waals surface area contributed by atoms with Gasteiger partial charge in [-0.05, 0) is 56.0 Å². The minimum Gasteiger partial charge on any atom is -0.323 e. The minimum absolute atomic E-state index is 0.220. The highest BCUT2D eigenvalue weighted by molar-refractivity contribution is 9.11. The lowest BCUT2D eigenvalue weighted by atomic mass is 10.1. The van der Waals surface area contributed by atoms with E-state index in [2.05, 4.69) is 53.1 Å². The second kappa shape index (κ2) is 7.54. The Kier molecular flexibility index (Phi) is 5.98. The van der Waals surface area contributed by atoms with Gasteiger partial charge in [0.05, 0.1) is 11.7 Å². The molecule has 0 aliphatic heterocycles. The molecular formula is C15H13Br3N2O. The van der Waals surface area contributed by atoms with Crippen LogP contribution >= 0.6 is 47.8 Å². The average Bonchev–Trinajstić information content (AvgIpc) is 2.43. The molecular weight excluding hydrogens is 464 g/mol. The topological polar surface area (TPSA) is 55.1 Å². The fraction of sp³-hybridized carbons (Fsp3) is 0.133. The quantitative estimate of drug-likeness (QED) is 0.683. The third-order valence-corrected chi connectivity index (χ3v) is 4.60. The number of halogens is 3. The molecule has 1 amide bonds. The summed E-state index contributed by atoms with van der Waals surface area (Å²) in [6.07, 6.45) is 0.498. The molecule has 0 spiro atoms. The van der Waals surface area contributed by atoms with Crippen molar-refractivity contribution in [3.05, 3.63) is 61.4 Å². The summed E-state index contributed by atoms with van der Waals surface area (Å²) >= 11 is 10.2. The summed E-state index contributed by atoms with van der Waals surface area (Å²) in [6.45, 7) is 0. The molecule has 0 bridgehead atoms. The van der Waals surface area contributed by atoms with Crippen LogP contribution in [0, 0.1) is 0 Å². The Morgan fingerprint density at radius 1 is 1.10 bits per heavy atom. The third-order valence-electron chi connectivity index (χ3n) is 2.89. The van der Waals surface area contributed by atoms with E-state index in [0.717, 1.165) is 19.0 Å². The number of nitrogens with two attached hydrogens (primary N) is 1. The van der Waals surface area contributed by atoms with E-state index in [0.29, 0.717) is 12.1 Å². The largest absolute Gasteiger partial charge is 0.323 e. The molecule has 0 aliphatic rings. The number of hydrogen-bond acceptors (Lipinski definition) is 2. The first kappa shape index (κ1) is 16.7. The van der Waals surface area contributed by atoms with E-state index in [1.54, 1.807) is 0 Å². The van der Waals surface area contributed by atoms with Crippen molar-refractivity contribution in [2.45, 2.75) is 12.5 Å². The van der Waals surface area contributed by atoms with Gasteiger partial charge in [-0.15, -0.1) is 0 Å². The molecule has 2 aromatic rings. The predicted octanol–water partition coefficient (Wildman–Crippen LogP) is 4.48. The monoisotopic (exact) mass is 474 g/mol. The smallest absolute Gasteiger partial charge is 0.241 e. The van der Waals surface area contributed by atoms with Crippen molar-refractivity contribution < 1.29 is 4.79 Å². The Morgan fingerprint density at radius 2 is 1.67 bits per heavy atom. The van der Waals surface area contributed by atoms with E-state index in [1.807, 2.05) is 42.5 Å². The van der Waals surface area contributed by atoms with Crippen LogP contribution in [0.15, 0.2) is 55.9 Å². The van der Waals surface area contributed by atoms with E-state index in [-0.39, 0.29) is 5.91 Å². The van der Waals surface area contributed by atoms with Crippen molar-refractivity contribution in [2.75, 3.05) is 5.32 Å². The van der Waals surface area contributed by atoms with E-state index in [4.69, 9.17) is 5.73 Å². The zero-order valence-electron chi connectivity index (χ0n) is 10.9. The average molecular weight is 477 g/mol. The summed E-state index contributed by atoms with van der Waals surface area (Å²) in [4.78, 5) is 12.2. The molecule has 0 saturated heterocycles. The summed E-state index contributed by atoms with van der Waals surface area (Å²) in [6, 6.07) is 12.8. The Morgan fingerprint density at radius 3 is 2.24 bits per heavy atom. The minimum atomic E-state index is -0.602. The highest BCUT2D eigenvalue weighted by atomic mass is 79.9. The van der Waals surface area contributed by atoms with Crippen LogP contribution in [0.3, 0.4) is 0 Å². The van der Waals surface area contributed by atoms with Gasteiger partial charge in [0.25, 0.3) is 0 Å². The Hall–Kier alpha value is -0.690. The number of carbonyl (C=O) groups is 1. The number of rotatable bonds is 4. The molecule has 0 aromatic heterocycles. The lowest BCUT2D eigenvalue weighted by Crippen LogP contribution is -2.37. The fourth-order valence-corrected chi connectivity index (χ4v) is 4.30. The van der Waals surface area contributed by atoms with Crippen LogP contribution in [0.25, 0.3) is 0 Å². The van der Waals surface area contributed by atoms with Crippen molar-refractivity contribution in [3.63, 3.8) is 0 Å². The van der Waals surface area contributed by atoms with Gasteiger partial charge in [0.15, 0.2) is 0 Å². The van der Waals surface area contributed by atoms with Gasteiger partial charge in [0.1, 0.15) is 0 Å². The summed E-state index contributed by atoms with van der Waals surface area (Å²) in [7, 11) is 0. The third kappa shape index (κ3) is 4.64. The molecule has 1 atom stereocenters.